The fourth-order valence-electron chi connectivity index (χ4n) is 3.93. The summed E-state index contributed by atoms with van der Waals surface area (Å²) < 4.78 is 0. The summed E-state index contributed by atoms with van der Waals surface area (Å²) in [7, 11) is 0. The molecule has 2 saturated carbocycles. The normalized spacial score (nSPS) is 31.3. The molecule has 2 atom stereocenters. The fraction of sp³-hybridized carbons (Fsp3) is 0.667. The molecule has 0 heterocycles. The van der Waals surface area contributed by atoms with E-state index in [-0.39, 0.29) is 5.54 Å². The van der Waals surface area contributed by atoms with E-state index in [4.69, 9.17) is 5.73 Å². The minimum Gasteiger partial charge on any atom is -0.325 e. The number of nitrogens with two attached hydrogens (primary N) is 1. The Balaban J connectivity index is 1.48. The summed E-state index contributed by atoms with van der Waals surface area (Å²) >= 11 is 0. The minimum absolute atomic E-state index is 0.153. The maximum absolute atomic E-state index is 6.68. The molecule has 2 unspecified atom stereocenters. The average Bonchev–Trinajstić information content (AvgIpc) is 3.24. The molecule has 2 aliphatic rings. The second kappa shape index (κ2) is 5.66. The van der Waals surface area contributed by atoms with E-state index in [1.165, 1.54) is 63.4 Å². The fourth-order valence-corrected chi connectivity index (χ4v) is 3.93. The first kappa shape index (κ1) is 13.2. The maximum Gasteiger partial charge on any atom is 0.0157 e. The van der Waals surface area contributed by atoms with Crippen LogP contribution in [-0.4, -0.2) is 5.54 Å². The summed E-state index contributed by atoms with van der Waals surface area (Å²) in [6.45, 7) is 0. The summed E-state index contributed by atoms with van der Waals surface area (Å²) in [6, 6.07) is 10.8. The third-order valence-electron chi connectivity index (χ3n) is 5.19. The number of benzene rings is 1. The van der Waals surface area contributed by atoms with E-state index < -0.39 is 0 Å². The molecule has 2 N–H and O–H groups in total. The summed E-state index contributed by atoms with van der Waals surface area (Å²) in [4.78, 5) is 0. The van der Waals surface area contributed by atoms with Crippen molar-refractivity contribution in [3.8, 4) is 0 Å². The van der Waals surface area contributed by atoms with E-state index in [1.807, 2.05) is 0 Å². The van der Waals surface area contributed by atoms with Crippen LogP contribution < -0.4 is 5.73 Å². The molecule has 2 fully saturated rings. The smallest absolute Gasteiger partial charge is 0.0157 e. The number of hydrogen-bond donors (Lipinski definition) is 1. The van der Waals surface area contributed by atoms with Crippen molar-refractivity contribution in [1.29, 1.82) is 0 Å². The molecule has 1 aromatic carbocycles. The first-order chi connectivity index (χ1) is 9.25. The van der Waals surface area contributed by atoms with Gasteiger partial charge in [-0.25, -0.2) is 0 Å². The van der Waals surface area contributed by atoms with E-state index in [0.717, 1.165) is 11.8 Å². The predicted octanol–water partition coefficient (Wildman–Crippen LogP) is 4.31. The molecule has 1 heteroatoms. The van der Waals surface area contributed by atoms with Crippen molar-refractivity contribution in [2.45, 2.75) is 63.3 Å². The lowest BCUT2D eigenvalue weighted by atomic mass is 9.72. The number of hydrogen-bond acceptors (Lipinski definition) is 1. The van der Waals surface area contributed by atoms with Crippen molar-refractivity contribution < 1.29 is 0 Å². The van der Waals surface area contributed by atoms with Crippen molar-refractivity contribution >= 4 is 0 Å². The second-order valence-corrected chi connectivity index (χ2v) is 6.90. The Kier molecular flexibility index (Phi) is 3.93. The van der Waals surface area contributed by atoms with Gasteiger partial charge >= 0.3 is 0 Å². The maximum atomic E-state index is 6.68. The zero-order chi connectivity index (χ0) is 13.1. The highest BCUT2D eigenvalue weighted by molar-refractivity contribution is 5.14. The third kappa shape index (κ3) is 3.60. The van der Waals surface area contributed by atoms with Gasteiger partial charge in [-0.15, -0.1) is 0 Å². The molecule has 0 amide bonds. The van der Waals surface area contributed by atoms with Crippen LogP contribution in [-0.2, 0) is 6.42 Å². The lowest BCUT2D eigenvalue weighted by Crippen LogP contribution is -2.44. The van der Waals surface area contributed by atoms with E-state index >= 15 is 0 Å². The molecule has 1 nitrogen and oxygen atoms in total. The van der Waals surface area contributed by atoms with Crippen LogP contribution in [0.4, 0.5) is 0 Å². The van der Waals surface area contributed by atoms with Crippen molar-refractivity contribution in [1.82, 2.24) is 0 Å². The predicted molar refractivity (Wildman–Crippen MR) is 81.0 cm³/mol. The molecule has 0 spiro atoms. The Morgan fingerprint density at radius 3 is 2.58 bits per heavy atom. The molecule has 1 aromatic rings. The van der Waals surface area contributed by atoms with Gasteiger partial charge in [-0.2, -0.15) is 0 Å². The average molecular weight is 257 g/mol. The van der Waals surface area contributed by atoms with Gasteiger partial charge in [0.05, 0.1) is 0 Å². The highest BCUT2D eigenvalue weighted by atomic mass is 14.7. The Bertz CT molecular complexity index is 395. The van der Waals surface area contributed by atoms with Gasteiger partial charge in [0.1, 0.15) is 0 Å². The Morgan fingerprint density at radius 2 is 1.84 bits per heavy atom. The summed E-state index contributed by atoms with van der Waals surface area (Å²) in [5.74, 6) is 1.99. The monoisotopic (exact) mass is 257 g/mol. The van der Waals surface area contributed by atoms with Crippen molar-refractivity contribution in [3.05, 3.63) is 35.9 Å². The van der Waals surface area contributed by atoms with Gasteiger partial charge in [0, 0.05) is 5.54 Å². The van der Waals surface area contributed by atoms with Crippen molar-refractivity contribution in [3.63, 3.8) is 0 Å². The van der Waals surface area contributed by atoms with E-state index in [2.05, 4.69) is 30.3 Å². The van der Waals surface area contributed by atoms with Gasteiger partial charge in [-0.05, 0) is 62.3 Å². The third-order valence-corrected chi connectivity index (χ3v) is 5.19. The standard InChI is InChI=1S/C18H27N/c19-18(12-4-8-15-6-2-1-3-7-15)13-5-9-17(14-18)16-10-11-16/h1-3,6-7,16-17H,4-5,8-14,19H2. The van der Waals surface area contributed by atoms with Crippen LogP contribution in [0.3, 0.4) is 0 Å². The first-order valence-corrected chi connectivity index (χ1v) is 8.08. The molecule has 0 aliphatic heterocycles. The number of aryl methyl sites for hydroxylation is 1. The van der Waals surface area contributed by atoms with Crippen LogP contribution in [0.2, 0.25) is 0 Å². The molecule has 0 aromatic heterocycles. The molecule has 3 rings (SSSR count). The largest absolute Gasteiger partial charge is 0.325 e. The molecule has 2 aliphatic carbocycles. The van der Waals surface area contributed by atoms with Gasteiger partial charge < -0.3 is 5.73 Å². The lowest BCUT2D eigenvalue weighted by Gasteiger charge is -2.38. The van der Waals surface area contributed by atoms with Gasteiger partial charge in [0.2, 0.25) is 0 Å². The molecule has 0 radical (unpaired) electrons. The highest BCUT2D eigenvalue weighted by Crippen LogP contribution is 2.46. The number of rotatable bonds is 5. The van der Waals surface area contributed by atoms with Crippen LogP contribution >= 0.6 is 0 Å². The summed E-state index contributed by atoms with van der Waals surface area (Å²) in [6.07, 6.45) is 12.0. The summed E-state index contributed by atoms with van der Waals surface area (Å²) in [5.41, 5.74) is 8.29. The Labute approximate surface area is 117 Å². The second-order valence-electron chi connectivity index (χ2n) is 6.90. The van der Waals surface area contributed by atoms with Gasteiger partial charge in [-0.1, -0.05) is 43.2 Å². The lowest BCUT2D eigenvalue weighted by molar-refractivity contribution is 0.192. The SMILES string of the molecule is NC1(CCCc2ccccc2)CCCC(C2CC2)C1. The van der Waals surface area contributed by atoms with Gasteiger partial charge in [-0.3, -0.25) is 0 Å². The van der Waals surface area contributed by atoms with Crippen LogP contribution in [0, 0.1) is 11.8 Å². The van der Waals surface area contributed by atoms with Crippen molar-refractivity contribution in [2.75, 3.05) is 0 Å². The first-order valence-electron chi connectivity index (χ1n) is 8.08. The molecule has 0 bridgehead atoms. The van der Waals surface area contributed by atoms with E-state index in [1.54, 1.807) is 0 Å². The van der Waals surface area contributed by atoms with Gasteiger partial charge in [0.15, 0.2) is 0 Å². The topological polar surface area (TPSA) is 26.0 Å². The minimum atomic E-state index is 0.153. The Morgan fingerprint density at radius 1 is 1.05 bits per heavy atom. The van der Waals surface area contributed by atoms with E-state index in [9.17, 15) is 0 Å². The molecular weight excluding hydrogens is 230 g/mol. The molecule has 104 valence electrons. The van der Waals surface area contributed by atoms with Crippen LogP contribution in [0.1, 0.15) is 56.9 Å². The van der Waals surface area contributed by atoms with Crippen LogP contribution in [0.5, 0.6) is 0 Å². The van der Waals surface area contributed by atoms with Crippen LogP contribution in [0.15, 0.2) is 30.3 Å². The molecular formula is C18H27N. The highest BCUT2D eigenvalue weighted by Gasteiger charge is 2.39. The molecule has 19 heavy (non-hydrogen) atoms. The van der Waals surface area contributed by atoms with Gasteiger partial charge in [0.25, 0.3) is 0 Å². The quantitative estimate of drug-likeness (QED) is 0.836. The van der Waals surface area contributed by atoms with Crippen molar-refractivity contribution in [2.24, 2.45) is 17.6 Å². The zero-order valence-electron chi connectivity index (χ0n) is 12.0. The van der Waals surface area contributed by atoms with Crippen LogP contribution in [0.25, 0.3) is 0 Å². The summed E-state index contributed by atoms with van der Waals surface area (Å²) in [5, 5.41) is 0. The van der Waals surface area contributed by atoms with E-state index in [0.29, 0.717) is 0 Å². The Hall–Kier alpha value is -0.820. The zero-order valence-corrected chi connectivity index (χ0v) is 12.0. The molecule has 0 saturated heterocycles.